The van der Waals surface area contributed by atoms with Gasteiger partial charge >= 0.3 is 11.9 Å². The average molecular weight is 854 g/mol. The predicted molar refractivity (Wildman–Crippen MR) is 214 cm³/mol. The van der Waals surface area contributed by atoms with Gasteiger partial charge in [0, 0.05) is 37.8 Å². The second kappa shape index (κ2) is 21.0. The lowest BCUT2D eigenvalue weighted by atomic mass is 9.62. The third kappa shape index (κ3) is 10.5. The van der Waals surface area contributed by atoms with Gasteiger partial charge in [0.15, 0.2) is 17.3 Å². The van der Waals surface area contributed by atoms with Gasteiger partial charge in [-0.2, -0.15) is 0 Å². The van der Waals surface area contributed by atoms with Crippen LogP contribution in [0.3, 0.4) is 0 Å². The number of amides is 3. The van der Waals surface area contributed by atoms with Crippen LogP contribution in [0.25, 0.3) is 0 Å². The van der Waals surface area contributed by atoms with Crippen molar-refractivity contribution in [1.29, 1.82) is 0 Å². The lowest BCUT2D eigenvalue weighted by Gasteiger charge is -2.47. The van der Waals surface area contributed by atoms with E-state index in [4.69, 9.17) is 11.5 Å². The maximum absolute atomic E-state index is 15.8. The normalized spacial score (nSPS) is 23.5. The van der Waals surface area contributed by atoms with Gasteiger partial charge in [-0.1, -0.05) is 46.5 Å². The lowest BCUT2D eigenvalue weighted by Crippen LogP contribution is -2.72. The molecule has 2 saturated heterocycles. The highest BCUT2D eigenvalue weighted by Crippen LogP contribution is 2.61. The minimum atomic E-state index is -2.47. The Kier molecular flexibility index (Phi) is 17.6. The average Bonchev–Trinajstić information content (AvgIpc) is 3.80. The van der Waals surface area contributed by atoms with E-state index in [-0.39, 0.29) is 31.7 Å². The molecule has 1 saturated carbocycles. The SMILES string of the molecule is CCCC(N)(C(=O)[C]=O)C(=O)C1NCC2(SCCS2)C1(C(=O)C(N)C1CCCCC1)C(=O)[C@@H](NC(=O)[C@H](CCC(=O)O)NC(=O)[C@H](CCC(=O)O)NC(C)=O)C(C)C. The maximum Gasteiger partial charge on any atom is 0.303 e. The van der Waals surface area contributed by atoms with Crippen molar-refractivity contribution in [3.63, 3.8) is 0 Å². The molecule has 3 fully saturated rings. The largest absolute Gasteiger partial charge is 0.481 e. The molecule has 4 unspecified atom stereocenters. The van der Waals surface area contributed by atoms with Crippen LogP contribution in [0.15, 0.2) is 0 Å². The van der Waals surface area contributed by atoms with Gasteiger partial charge in [0.25, 0.3) is 6.29 Å². The number of carbonyl (C=O) groups excluding carboxylic acids is 8. The fraction of sp³-hybridized carbons (Fsp3) is 0.737. The molecule has 1 aliphatic carbocycles. The van der Waals surface area contributed by atoms with Crippen LogP contribution in [0.1, 0.15) is 98.3 Å². The zero-order valence-corrected chi connectivity index (χ0v) is 35.0. The van der Waals surface area contributed by atoms with Gasteiger partial charge in [0.2, 0.25) is 23.5 Å². The summed E-state index contributed by atoms with van der Waals surface area (Å²) in [5.74, 6) is -9.68. The van der Waals surface area contributed by atoms with Crippen LogP contribution in [0.2, 0.25) is 0 Å². The zero-order chi connectivity index (χ0) is 43.6. The Morgan fingerprint density at radius 1 is 0.862 bits per heavy atom. The Bertz CT molecular complexity index is 1620. The van der Waals surface area contributed by atoms with Crippen LogP contribution in [0, 0.1) is 17.3 Å². The molecule has 58 heavy (non-hydrogen) atoms. The molecule has 3 rings (SSSR count). The number of nitrogens with two attached hydrogens (primary N) is 2. The number of thioether (sulfide) groups is 2. The molecule has 0 bridgehead atoms. The van der Waals surface area contributed by atoms with Crippen LogP contribution in [-0.4, -0.2) is 127 Å². The number of carboxylic acids is 2. The molecule has 3 aliphatic rings. The van der Waals surface area contributed by atoms with Crippen molar-refractivity contribution in [2.75, 3.05) is 18.1 Å². The summed E-state index contributed by atoms with van der Waals surface area (Å²) in [5.41, 5.74) is 8.48. The first-order valence-corrected chi connectivity index (χ1v) is 21.6. The van der Waals surface area contributed by atoms with Gasteiger partial charge in [-0.3, -0.25) is 47.9 Å². The summed E-state index contributed by atoms with van der Waals surface area (Å²) in [6, 6.07) is -7.68. The number of rotatable bonds is 23. The van der Waals surface area contributed by atoms with E-state index in [9.17, 15) is 48.6 Å². The van der Waals surface area contributed by atoms with Crippen LogP contribution < -0.4 is 32.7 Å². The summed E-state index contributed by atoms with van der Waals surface area (Å²) in [4.78, 5) is 133. The second-order valence-corrected chi connectivity index (χ2v) is 18.7. The van der Waals surface area contributed by atoms with Crippen molar-refractivity contribution >= 4 is 82.6 Å². The second-order valence-electron chi connectivity index (χ2n) is 15.7. The first-order chi connectivity index (χ1) is 27.2. The molecule has 3 amide bonds. The molecule has 2 heterocycles. The van der Waals surface area contributed by atoms with E-state index in [1.807, 2.05) is 0 Å². The number of carbonyl (C=O) groups is 9. The number of nitrogens with one attached hydrogen (secondary N) is 4. The topological polar surface area (TPSA) is 311 Å². The summed E-state index contributed by atoms with van der Waals surface area (Å²) >= 11 is 2.53. The van der Waals surface area contributed by atoms with Crippen molar-refractivity contribution in [2.24, 2.45) is 28.7 Å². The monoisotopic (exact) mass is 853 g/mol. The summed E-state index contributed by atoms with van der Waals surface area (Å²) in [7, 11) is 0. The Labute approximate surface area is 346 Å². The van der Waals surface area contributed by atoms with Gasteiger partial charge in [0.1, 0.15) is 23.0 Å². The van der Waals surface area contributed by atoms with Gasteiger partial charge < -0.3 is 42.9 Å². The number of hydrogen-bond acceptors (Lipinski definition) is 15. The Balaban J connectivity index is 2.22. The number of carboxylic acid groups (broad SMARTS) is 2. The van der Waals surface area contributed by atoms with E-state index < -0.39 is 123 Å². The third-order valence-electron chi connectivity index (χ3n) is 11.3. The van der Waals surface area contributed by atoms with Crippen LogP contribution in [0.5, 0.6) is 0 Å². The summed E-state index contributed by atoms with van der Waals surface area (Å²) in [5, 5.41) is 29.1. The fourth-order valence-electron chi connectivity index (χ4n) is 8.29. The minimum absolute atomic E-state index is 0.0915. The maximum atomic E-state index is 15.8. The zero-order valence-electron chi connectivity index (χ0n) is 33.4. The molecule has 2 aliphatic heterocycles. The van der Waals surface area contributed by atoms with Crippen LogP contribution in [-0.2, 0) is 47.9 Å². The number of aliphatic carboxylic acids is 2. The molecule has 323 valence electrons. The summed E-state index contributed by atoms with van der Waals surface area (Å²) < 4.78 is -1.39. The first kappa shape index (κ1) is 48.6. The van der Waals surface area contributed by atoms with Crippen molar-refractivity contribution in [3.05, 3.63) is 0 Å². The van der Waals surface area contributed by atoms with Crippen molar-refractivity contribution in [1.82, 2.24) is 21.3 Å². The molecular formula is C38H57N6O12S2. The molecule has 18 nitrogen and oxygen atoms in total. The molecular weight excluding hydrogens is 797 g/mol. The lowest BCUT2D eigenvalue weighted by molar-refractivity contribution is -0.151. The van der Waals surface area contributed by atoms with Crippen molar-refractivity contribution < 1.29 is 58.2 Å². The van der Waals surface area contributed by atoms with Gasteiger partial charge in [0.05, 0.1) is 22.2 Å². The van der Waals surface area contributed by atoms with Crippen LogP contribution in [0.4, 0.5) is 0 Å². The highest BCUT2D eigenvalue weighted by atomic mass is 32.2. The first-order valence-electron chi connectivity index (χ1n) is 19.7. The van der Waals surface area contributed by atoms with Crippen molar-refractivity contribution in [2.45, 2.75) is 138 Å². The smallest absolute Gasteiger partial charge is 0.303 e. The molecule has 1 spiro atoms. The molecule has 0 aromatic heterocycles. The highest BCUT2D eigenvalue weighted by molar-refractivity contribution is 8.21. The van der Waals surface area contributed by atoms with Gasteiger partial charge in [-0.05, 0) is 43.9 Å². The molecule has 20 heteroatoms. The van der Waals surface area contributed by atoms with Gasteiger partial charge in [-0.15, -0.1) is 23.5 Å². The van der Waals surface area contributed by atoms with E-state index in [0.717, 1.165) is 26.2 Å². The molecule has 0 aromatic carbocycles. The van der Waals surface area contributed by atoms with Gasteiger partial charge in [-0.25, -0.2) is 0 Å². The minimum Gasteiger partial charge on any atom is -0.481 e. The summed E-state index contributed by atoms with van der Waals surface area (Å²) in [6.45, 7) is 5.78. The van der Waals surface area contributed by atoms with E-state index in [1.165, 1.54) is 29.8 Å². The Morgan fingerprint density at radius 2 is 1.40 bits per heavy atom. The van der Waals surface area contributed by atoms with Crippen LogP contribution >= 0.6 is 23.5 Å². The molecule has 10 N–H and O–H groups in total. The molecule has 7 atom stereocenters. The Morgan fingerprint density at radius 3 is 1.88 bits per heavy atom. The highest BCUT2D eigenvalue weighted by Gasteiger charge is 2.75. The van der Waals surface area contributed by atoms with E-state index >= 15 is 9.59 Å². The quantitative estimate of drug-likeness (QED) is 0.0486. The molecule has 0 aromatic rings. The Hall–Kier alpha value is -3.72. The third-order valence-corrected chi connectivity index (χ3v) is 14.9. The number of ketones is 4. The van der Waals surface area contributed by atoms with E-state index in [0.29, 0.717) is 24.3 Å². The fourth-order valence-corrected chi connectivity index (χ4v) is 11.9. The standard InChI is InChI=1S/C38H57N6O12S2/c1-5-15-36(40,25(47)18-45)33(54)30-38(37(19-41-30)57-16-17-58-37,31(52)28(39)22-9-7-6-8-10-22)32(53)29(20(2)3)44-35(56)24(12-14-27(50)51)43-34(55)23(42-21(4)46)11-13-26(48)49/h20,22-24,28-30,41H,5-17,19,39-40H2,1-4H3,(H,42,46)(H,43,55)(H,44,56)(H,48,49)(H,50,51)/t23-,24-,28?,29-,30?,36?,38?/m0/s1. The number of Topliss-reactive ketones (excluding diaryl/α,β-unsaturated/α-hetero) is 4. The number of hydrogen-bond donors (Lipinski definition) is 8. The predicted octanol–water partition coefficient (Wildman–Crippen LogP) is -0.228. The summed E-state index contributed by atoms with van der Waals surface area (Å²) in [6.07, 6.45) is 2.68. The molecule has 1 radical (unpaired) electrons. The van der Waals surface area contributed by atoms with E-state index in [2.05, 4.69) is 21.3 Å². The van der Waals surface area contributed by atoms with E-state index in [1.54, 1.807) is 20.8 Å². The van der Waals surface area contributed by atoms with Crippen molar-refractivity contribution in [3.8, 4) is 0 Å².